The summed E-state index contributed by atoms with van der Waals surface area (Å²) in [4.78, 5) is 22.9. The van der Waals surface area contributed by atoms with Crippen LogP contribution in [0.1, 0.15) is 22.2 Å². The lowest BCUT2D eigenvalue weighted by Gasteiger charge is -2.24. The van der Waals surface area contributed by atoms with Crippen molar-refractivity contribution in [2.75, 3.05) is 7.05 Å². The number of aromatic nitrogens is 2. The smallest absolute Gasteiger partial charge is 0.253 e. The number of amides is 1. The molecule has 0 spiro atoms. The zero-order valence-electron chi connectivity index (χ0n) is 12.0. The maximum absolute atomic E-state index is 12.6. The van der Waals surface area contributed by atoms with Gasteiger partial charge in [0.25, 0.3) is 5.91 Å². The van der Waals surface area contributed by atoms with Gasteiger partial charge in [-0.15, -0.1) is 11.3 Å². The van der Waals surface area contributed by atoms with E-state index < -0.39 is 0 Å². The van der Waals surface area contributed by atoms with Crippen molar-refractivity contribution in [3.63, 3.8) is 0 Å². The summed E-state index contributed by atoms with van der Waals surface area (Å²) in [6.45, 7) is 2.08. The number of carbonyl (C=O) groups excluding carboxylic acids is 1. The van der Waals surface area contributed by atoms with Gasteiger partial charge in [0.05, 0.1) is 17.4 Å². The minimum absolute atomic E-state index is 0.0376. The summed E-state index contributed by atoms with van der Waals surface area (Å²) >= 11 is 1.73. The van der Waals surface area contributed by atoms with Crippen LogP contribution in [0.2, 0.25) is 0 Å². The molecule has 1 atom stereocenters. The average Bonchev–Trinajstić information content (AvgIpc) is 3.15. The Morgan fingerprint density at radius 1 is 1.43 bits per heavy atom. The Kier molecular flexibility index (Phi) is 3.75. The van der Waals surface area contributed by atoms with Crippen molar-refractivity contribution in [1.29, 1.82) is 0 Å². The van der Waals surface area contributed by atoms with Crippen LogP contribution in [0.3, 0.4) is 0 Å². The highest BCUT2D eigenvalue weighted by Gasteiger charge is 2.18. The number of imidazole rings is 1. The molecule has 3 aromatic rings. The number of H-pyrrole nitrogens is 1. The molecule has 0 saturated carbocycles. The van der Waals surface area contributed by atoms with E-state index in [0.717, 1.165) is 17.5 Å². The number of likely N-dealkylation sites (N-methyl/N-ethyl adjacent to an activating group) is 1. The third-order valence-electron chi connectivity index (χ3n) is 3.73. The molecule has 0 fully saturated rings. The van der Waals surface area contributed by atoms with Crippen molar-refractivity contribution in [1.82, 2.24) is 14.9 Å². The van der Waals surface area contributed by atoms with Gasteiger partial charge in [-0.3, -0.25) is 4.79 Å². The summed E-state index contributed by atoms with van der Waals surface area (Å²) in [6, 6.07) is 9.88. The van der Waals surface area contributed by atoms with Gasteiger partial charge in [0, 0.05) is 30.0 Å². The van der Waals surface area contributed by atoms with Gasteiger partial charge in [-0.05, 0) is 36.6 Å². The van der Waals surface area contributed by atoms with Gasteiger partial charge < -0.3 is 9.88 Å². The zero-order valence-corrected chi connectivity index (χ0v) is 12.9. The van der Waals surface area contributed by atoms with Crippen molar-refractivity contribution in [2.24, 2.45) is 0 Å². The maximum Gasteiger partial charge on any atom is 0.253 e. The van der Waals surface area contributed by atoms with Gasteiger partial charge in [-0.25, -0.2) is 4.98 Å². The van der Waals surface area contributed by atoms with E-state index in [1.54, 1.807) is 22.6 Å². The van der Waals surface area contributed by atoms with Crippen LogP contribution in [0.25, 0.3) is 11.0 Å². The SMILES string of the molecule is CC(Cc1cccs1)N(C)C(=O)c1ccc2nc[nH]c2c1. The second kappa shape index (κ2) is 5.69. The number of carbonyl (C=O) groups is 1. The first-order valence-electron chi connectivity index (χ1n) is 6.88. The Morgan fingerprint density at radius 3 is 3.05 bits per heavy atom. The van der Waals surface area contributed by atoms with Crippen LogP contribution in [0.4, 0.5) is 0 Å². The number of nitrogens with one attached hydrogen (secondary N) is 1. The Bertz CT molecular complexity index is 748. The molecule has 0 aliphatic rings. The second-order valence-electron chi connectivity index (χ2n) is 5.18. The van der Waals surface area contributed by atoms with E-state index >= 15 is 0 Å². The largest absolute Gasteiger partial charge is 0.345 e. The zero-order chi connectivity index (χ0) is 14.8. The third kappa shape index (κ3) is 2.83. The number of hydrogen-bond acceptors (Lipinski definition) is 3. The highest BCUT2D eigenvalue weighted by molar-refractivity contribution is 7.09. The van der Waals surface area contributed by atoms with Crippen LogP contribution in [-0.2, 0) is 6.42 Å². The summed E-state index contributed by atoms with van der Waals surface area (Å²) in [7, 11) is 1.86. The van der Waals surface area contributed by atoms with Gasteiger partial charge >= 0.3 is 0 Å². The van der Waals surface area contributed by atoms with Crippen molar-refractivity contribution in [3.8, 4) is 0 Å². The molecule has 108 valence electrons. The molecule has 5 heteroatoms. The molecule has 0 radical (unpaired) electrons. The minimum atomic E-state index is 0.0376. The standard InChI is InChI=1S/C16H17N3OS/c1-11(8-13-4-3-7-21-13)19(2)16(20)12-5-6-14-15(9-12)18-10-17-14/h3-7,9-11H,8H2,1-2H3,(H,17,18). The predicted molar refractivity (Wildman–Crippen MR) is 85.7 cm³/mol. The molecular weight excluding hydrogens is 282 g/mol. The van der Waals surface area contributed by atoms with E-state index in [1.807, 2.05) is 31.3 Å². The lowest BCUT2D eigenvalue weighted by molar-refractivity contribution is 0.0744. The molecule has 0 saturated heterocycles. The molecule has 3 rings (SSSR count). The third-order valence-corrected chi connectivity index (χ3v) is 4.62. The molecule has 1 unspecified atom stereocenters. The topological polar surface area (TPSA) is 49.0 Å². The van der Waals surface area contributed by atoms with E-state index in [1.165, 1.54) is 4.88 Å². The Balaban J connectivity index is 1.76. The van der Waals surface area contributed by atoms with Crippen LogP contribution >= 0.6 is 11.3 Å². The van der Waals surface area contributed by atoms with Gasteiger partial charge in [0.15, 0.2) is 0 Å². The Hall–Kier alpha value is -2.14. The van der Waals surface area contributed by atoms with E-state index in [4.69, 9.17) is 0 Å². The predicted octanol–water partition coefficient (Wildman–Crippen LogP) is 3.33. The lowest BCUT2D eigenvalue weighted by Crippen LogP contribution is -2.36. The van der Waals surface area contributed by atoms with Crippen molar-refractivity contribution >= 4 is 28.3 Å². The molecule has 1 N–H and O–H groups in total. The molecule has 4 nitrogen and oxygen atoms in total. The fraction of sp³-hybridized carbons (Fsp3) is 0.250. The monoisotopic (exact) mass is 299 g/mol. The maximum atomic E-state index is 12.6. The van der Waals surface area contributed by atoms with E-state index in [0.29, 0.717) is 5.56 Å². The Morgan fingerprint density at radius 2 is 2.29 bits per heavy atom. The molecule has 2 aromatic heterocycles. The van der Waals surface area contributed by atoms with Crippen molar-refractivity contribution in [2.45, 2.75) is 19.4 Å². The fourth-order valence-corrected chi connectivity index (χ4v) is 3.16. The number of fused-ring (bicyclic) bond motifs is 1. The normalized spacial score (nSPS) is 12.5. The van der Waals surface area contributed by atoms with Gasteiger partial charge in [-0.2, -0.15) is 0 Å². The summed E-state index contributed by atoms with van der Waals surface area (Å²) in [5.74, 6) is 0.0376. The molecule has 2 heterocycles. The molecule has 1 aromatic carbocycles. The Labute approximate surface area is 127 Å². The number of aromatic amines is 1. The average molecular weight is 299 g/mol. The molecule has 0 aliphatic carbocycles. The lowest BCUT2D eigenvalue weighted by atomic mass is 10.1. The molecule has 1 amide bonds. The highest BCUT2D eigenvalue weighted by atomic mass is 32.1. The van der Waals surface area contributed by atoms with Crippen LogP contribution in [-0.4, -0.2) is 33.9 Å². The highest BCUT2D eigenvalue weighted by Crippen LogP contribution is 2.17. The van der Waals surface area contributed by atoms with E-state index in [-0.39, 0.29) is 11.9 Å². The minimum Gasteiger partial charge on any atom is -0.345 e. The molecule has 21 heavy (non-hydrogen) atoms. The number of nitrogens with zero attached hydrogens (tertiary/aromatic N) is 2. The first-order valence-corrected chi connectivity index (χ1v) is 7.76. The molecule has 0 aliphatic heterocycles. The van der Waals surface area contributed by atoms with Crippen molar-refractivity contribution < 1.29 is 4.79 Å². The van der Waals surface area contributed by atoms with E-state index in [2.05, 4.69) is 28.3 Å². The fourth-order valence-electron chi connectivity index (χ4n) is 2.33. The summed E-state index contributed by atoms with van der Waals surface area (Å²) in [5.41, 5.74) is 2.45. The van der Waals surface area contributed by atoms with Crippen LogP contribution in [0.15, 0.2) is 42.0 Å². The van der Waals surface area contributed by atoms with Gasteiger partial charge in [0.2, 0.25) is 0 Å². The summed E-state index contributed by atoms with van der Waals surface area (Å²) in [6.07, 6.45) is 2.52. The van der Waals surface area contributed by atoms with Gasteiger partial charge in [-0.1, -0.05) is 6.07 Å². The summed E-state index contributed by atoms with van der Waals surface area (Å²) < 4.78 is 0. The number of benzene rings is 1. The van der Waals surface area contributed by atoms with Crippen molar-refractivity contribution in [3.05, 3.63) is 52.5 Å². The van der Waals surface area contributed by atoms with Gasteiger partial charge in [0.1, 0.15) is 0 Å². The number of hydrogen-bond donors (Lipinski definition) is 1. The number of thiophene rings is 1. The number of rotatable bonds is 4. The van der Waals surface area contributed by atoms with Crippen LogP contribution in [0, 0.1) is 0 Å². The first kappa shape index (κ1) is 13.8. The summed E-state index contributed by atoms with van der Waals surface area (Å²) in [5, 5.41) is 2.07. The molecule has 0 bridgehead atoms. The first-order chi connectivity index (χ1) is 10.1. The molecular formula is C16H17N3OS. The quantitative estimate of drug-likeness (QED) is 0.803. The van der Waals surface area contributed by atoms with Crippen LogP contribution < -0.4 is 0 Å². The second-order valence-corrected chi connectivity index (χ2v) is 6.22. The van der Waals surface area contributed by atoms with E-state index in [9.17, 15) is 4.79 Å². The van der Waals surface area contributed by atoms with Crippen LogP contribution in [0.5, 0.6) is 0 Å².